The van der Waals surface area contributed by atoms with Crippen molar-refractivity contribution in [2.24, 2.45) is 0 Å². The van der Waals surface area contributed by atoms with Crippen LogP contribution in [0.25, 0.3) is 0 Å². The minimum atomic E-state index is -3.57. The first-order valence-electron chi connectivity index (χ1n) is 8.51. The molecule has 0 radical (unpaired) electrons. The number of anilines is 1. The van der Waals surface area contributed by atoms with Gasteiger partial charge in [0, 0.05) is 48.9 Å². The van der Waals surface area contributed by atoms with Gasteiger partial charge in [0.1, 0.15) is 0 Å². The molecular formula is C18H19N5O2S2. The van der Waals surface area contributed by atoms with E-state index in [2.05, 4.69) is 19.9 Å². The molecule has 0 amide bonds. The van der Waals surface area contributed by atoms with Gasteiger partial charge in [0.2, 0.25) is 20.1 Å². The van der Waals surface area contributed by atoms with Gasteiger partial charge in [-0.25, -0.2) is 23.4 Å². The molecule has 0 fully saturated rings. The van der Waals surface area contributed by atoms with E-state index < -0.39 is 9.84 Å². The van der Waals surface area contributed by atoms with E-state index in [0.29, 0.717) is 19.0 Å². The maximum atomic E-state index is 12.8. The van der Waals surface area contributed by atoms with Crippen LogP contribution in [0.15, 0.2) is 45.9 Å². The van der Waals surface area contributed by atoms with Crippen molar-refractivity contribution >= 4 is 27.1 Å². The van der Waals surface area contributed by atoms with Gasteiger partial charge in [-0.1, -0.05) is 17.7 Å². The lowest BCUT2D eigenvalue weighted by atomic mass is 10.1. The molecule has 4 rings (SSSR count). The highest BCUT2D eigenvalue weighted by atomic mass is 32.2. The zero-order chi connectivity index (χ0) is 19.0. The Hall–Kier alpha value is -2.36. The number of rotatable bonds is 4. The van der Waals surface area contributed by atoms with Crippen molar-refractivity contribution < 1.29 is 8.42 Å². The fraction of sp³-hybridized carbons (Fsp3) is 0.278. The van der Waals surface area contributed by atoms with Crippen LogP contribution in [-0.4, -0.2) is 34.8 Å². The van der Waals surface area contributed by atoms with Crippen molar-refractivity contribution in [2.75, 3.05) is 12.3 Å². The van der Waals surface area contributed by atoms with Crippen molar-refractivity contribution in [1.82, 2.24) is 19.9 Å². The Morgan fingerprint density at radius 2 is 1.96 bits per heavy atom. The third-order valence-corrected chi connectivity index (χ3v) is 7.65. The van der Waals surface area contributed by atoms with E-state index in [4.69, 9.17) is 5.73 Å². The zero-order valence-corrected chi connectivity index (χ0v) is 16.4. The molecule has 2 aromatic heterocycles. The third-order valence-electron chi connectivity index (χ3n) is 4.50. The van der Waals surface area contributed by atoms with Crippen molar-refractivity contribution in [3.8, 4) is 0 Å². The highest BCUT2D eigenvalue weighted by Gasteiger charge is 2.23. The van der Waals surface area contributed by atoms with Crippen LogP contribution in [0.1, 0.15) is 21.7 Å². The quantitative estimate of drug-likeness (QED) is 0.715. The normalized spacial score (nSPS) is 14.9. The second-order valence-electron chi connectivity index (χ2n) is 6.57. The standard InChI is InChI=1S/C18H19N5O2S2/c1-12-2-4-15(5-3-12)27(24,25)18-21-9-14(26-18)11-23-7-6-16-13(10-23)8-20-17(19)22-16/h2-5,8-9H,6-7,10-11H2,1H3,(H2,19,20,22). The fourth-order valence-corrected chi connectivity index (χ4v) is 5.67. The van der Waals surface area contributed by atoms with E-state index in [1.165, 1.54) is 11.3 Å². The summed E-state index contributed by atoms with van der Waals surface area (Å²) in [6.07, 6.45) is 4.22. The minimum Gasteiger partial charge on any atom is -0.368 e. The van der Waals surface area contributed by atoms with Crippen LogP contribution in [0.5, 0.6) is 0 Å². The van der Waals surface area contributed by atoms with E-state index in [1.807, 2.05) is 6.92 Å². The molecule has 0 spiro atoms. The van der Waals surface area contributed by atoms with Crippen molar-refractivity contribution in [3.63, 3.8) is 0 Å². The molecular weight excluding hydrogens is 382 g/mol. The summed E-state index contributed by atoms with van der Waals surface area (Å²) in [6.45, 7) is 4.12. The summed E-state index contributed by atoms with van der Waals surface area (Å²) < 4.78 is 25.6. The molecule has 0 aliphatic carbocycles. The zero-order valence-electron chi connectivity index (χ0n) is 14.8. The summed E-state index contributed by atoms with van der Waals surface area (Å²) >= 11 is 1.22. The maximum Gasteiger partial charge on any atom is 0.233 e. The first-order chi connectivity index (χ1) is 12.9. The molecule has 27 heavy (non-hydrogen) atoms. The number of hydrogen-bond donors (Lipinski definition) is 1. The molecule has 0 unspecified atom stereocenters. The molecule has 0 saturated heterocycles. The number of fused-ring (bicyclic) bond motifs is 1. The lowest BCUT2D eigenvalue weighted by molar-refractivity contribution is 0.245. The number of sulfone groups is 1. The Balaban J connectivity index is 1.50. The Morgan fingerprint density at radius 3 is 2.74 bits per heavy atom. The predicted octanol–water partition coefficient (Wildman–Crippen LogP) is 2.21. The van der Waals surface area contributed by atoms with Crippen molar-refractivity contribution in [3.05, 3.63) is 58.4 Å². The first-order valence-corrected chi connectivity index (χ1v) is 10.8. The van der Waals surface area contributed by atoms with Crippen LogP contribution in [0.4, 0.5) is 5.95 Å². The summed E-state index contributed by atoms with van der Waals surface area (Å²) in [5, 5.41) is 0. The van der Waals surface area contributed by atoms with Crippen molar-refractivity contribution in [2.45, 2.75) is 35.7 Å². The minimum absolute atomic E-state index is 0.134. The molecule has 2 N–H and O–H groups in total. The molecule has 0 atom stereocenters. The Morgan fingerprint density at radius 1 is 1.19 bits per heavy atom. The highest BCUT2D eigenvalue weighted by molar-refractivity contribution is 7.93. The SMILES string of the molecule is Cc1ccc(S(=O)(=O)c2ncc(CN3CCc4nc(N)ncc4C3)s2)cc1. The van der Waals surface area contributed by atoms with Gasteiger partial charge in [-0.15, -0.1) is 11.3 Å². The van der Waals surface area contributed by atoms with E-state index >= 15 is 0 Å². The Bertz CT molecular complexity index is 1080. The molecule has 140 valence electrons. The molecule has 1 aromatic carbocycles. The number of hydrogen-bond acceptors (Lipinski definition) is 8. The van der Waals surface area contributed by atoms with Gasteiger partial charge < -0.3 is 5.73 Å². The number of aromatic nitrogens is 3. The Labute approximate surface area is 161 Å². The molecule has 0 saturated carbocycles. The predicted molar refractivity (Wildman–Crippen MR) is 103 cm³/mol. The van der Waals surface area contributed by atoms with Crippen LogP contribution >= 0.6 is 11.3 Å². The summed E-state index contributed by atoms with van der Waals surface area (Å²) in [5.74, 6) is 0.301. The van der Waals surface area contributed by atoms with Gasteiger partial charge in [0.15, 0.2) is 0 Å². The smallest absolute Gasteiger partial charge is 0.233 e. The number of nitrogen functional groups attached to an aromatic ring is 1. The monoisotopic (exact) mass is 401 g/mol. The first kappa shape index (κ1) is 18.0. The lowest BCUT2D eigenvalue weighted by Crippen LogP contribution is -2.30. The summed E-state index contributed by atoms with van der Waals surface area (Å²) in [6, 6.07) is 6.83. The van der Waals surface area contributed by atoms with Gasteiger partial charge in [-0.3, -0.25) is 4.90 Å². The number of aryl methyl sites for hydroxylation is 1. The molecule has 9 heteroatoms. The van der Waals surface area contributed by atoms with Gasteiger partial charge in [-0.2, -0.15) is 0 Å². The second-order valence-corrected chi connectivity index (χ2v) is 9.81. The van der Waals surface area contributed by atoms with Crippen LogP contribution in [-0.2, 0) is 29.3 Å². The van der Waals surface area contributed by atoms with Gasteiger partial charge in [0.25, 0.3) is 0 Å². The average molecular weight is 402 g/mol. The summed E-state index contributed by atoms with van der Waals surface area (Å²) in [4.78, 5) is 15.9. The van der Waals surface area contributed by atoms with E-state index in [-0.39, 0.29) is 9.24 Å². The third kappa shape index (κ3) is 3.71. The summed E-state index contributed by atoms with van der Waals surface area (Å²) in [5.41, 5.74) is 8.71. The summed E-state index contributed by atoms with van der Waals surface area (Å²) in [7, 11) is -3.57. The maximum absolute atomic E-state index is 12.8. The largest absolute Gasteiger partial charge is 0.368 e. The molecule has 1 aliphatic heterocycles. The van der Waals surface area contributed by atoms with Crippen LogP contribution in [0.3, 0.4) is 0 Å². The van der Waals surface area contributed by atoms with Gasteiger partial charge in [-0.05, 0) is 19.1 Å². The average Bonchev–Trinajstić information content (AvgIpc) is 3.11. The number of thiazole rings is 1. The van der Waals surface area contributed by atoms with E-state index in [0.717, 1.165) is 34.7 Å². The topological polar surface area (TPSA) is 102 Å². The van der Waals surface area contributed by atoms with Crippen LogP contribution in [0, 0.1) is 6.92 Å². The molecule has 7 nitrogen and oxygen atoms in total. The molecule has 3 heterocycles. The second kappa shape index (κ2) is 6.99. The van der Waals surface area contributed by atoms with Gasteiger partial charge in [0.05, 0.1) is 10.6 Å². The number of nitrogens with zero attached hydrogens (tertiary/aromatic N) is 4. The fourth-order valence-electron chi connectivity index (χ4n) is 3.05. The highest BCUT2D eigenvalue weighted by Crippen LogP contribution is 2.27. The number of benzene rings is 1. The number of nitrogens with two attached hydrogens (primary N) is 1. The lowest BCUT2D eigenvalue weighted by Gasteiger charge is -2.27. The van der Waals surface area contributed by atoms with Gasteiger partial charge >= 0.3 is 0 Å². The van der Waals surface area contributed by atoms with E-state index in [9.17, 15) is 8.42 Å². The van der Waals surface area contributed by atoms with Crippen molar-refractivity contribution in [1.29, 1.82) is 0 Å². The van der Waals surface area contributed by atoms with Crippen LogP contribution in [0.2, 0.25) is 0 Å². The molecule has 1 aliphatic rings. The Kier molecular flexibility index (Phi) is 4.67. The molecule has 3 aromatic rings. The van der Waals surface area contributed by atoms with Crippen LogP contribution < -0.4 is 5.73 Å². The molecule has 0 bridgehead atoms. The van der Waals surface area contributed by atoms with E-state index in [1.54, 1.807) is 36.7 Å².